The normalized spacial score (nSPS) is 12.8. The molecule has 3 nitrogen and oxygen atoms in total. The summed E-state index contributed by atoms with van der Waals surface area (Å²) in [6.45, 7) is 9.73. The van der Waals surface area contributed by atoms with Crippen LogP contribution in [0.5, 0.6) is 0 Å². The molecule has 1 atom stereocenters. The van der Waals surface area contributed by atoms with E-state index < -0.39 is 0 Å². The molecule has 3 heteroatoms. The summed E-state index contributed by atoms with van der Waals surface area (Å²) in [7, 11) is 4.11. The molecule has 18 heavy (non-hydrogen) atoms. The van der Waals surface area contributed by atoms with Crippen LogP contribution in [0.4, 0.5) is 5.82 Å². The minimum absolute atomic E-state index is 0.464. The summed E-state index contributed by atoms with van der Waals surface area (Å²) in [4.78, 5) is 7.05. The van der Waals surface area contributed by atoms with Gasteiger partial charge in [-0.15, -0.1) is 0 Å². The predicted molar refractivity (Wildman–Crippen MR) is 79.2 cm³/mol. The van der Waals surface area contributed by atoms with Crippen LogP contribution in [-0.2, 0) is 6.54 Å². The van der Waals surface area contributed by atoms with Gasteiger partial charge in [-0.2, -0.15) is 0 Å². The summed E-state index contributed by atoms with van der Waals surface area (Å²) in [5, 5.41) is 3.21. The van der Waals surface area contributed by atoms with Crippen LogP contribution in [0.25, 0.3) is 0 Å². The fourth-order valence-electron chi connectivity index (χ4n) is 1.88. The van der Waals surface area contributed by atoms with Crippen molar-refractivity contribution in [3.05, 3.63) is 23.4 Å². The van der Waals surface area contributed by atoms with Crippen LogP contribution in [0, 0.1) is 0 Å². The molecule has 0 aliphatic rings. The number of rotatable bonds is 6. The van der Waals surface area contributed by atoms with Crippen molar-refractivity contribution in [2.45, 2.75) is 52.6 Å². The third-order valence-corrected chi connectivity index (χ3v) is 3.48. The molecule has 1 heterocycles. The zero-order valence-corrected chi connectivity index (χ0v) is 12.6. The molecule has 0 radical (unpaired) electrons. The fraction of sp³-hybridized carbons (Fsp3) is 0.667. The lowest BCUT2D eigenvalue weighted by Gasteiger charge is -2.26. The highest BCUT2D eigenvalue weighted by Crippen LogP contribution is 2.21. The van der Waals surface area contributed by atoms with E-state index in [9.17, 15) is 0 Å². The van der Waals surface area contributed by atoms with Gasteiger partial charge in [-0.05, 0) is 44.0 Å². The Bertz CT molecular complexity index is 374. The molecule has 1 rings (SSSR count). The van der Waals surface area contributed by atoms with Crippen molar-refractivity contribution in [3.63, 3.8) is 0 Å². The Morgan fingerprint density at radius 3 is 2.44 bits per heavy atom. The van der Waals surface area contributed by atoms with Crippen molar-refractivity contribution < 1.29 is 0 Å². The summed E-state index contributed by atoms with van der Waals surface area (Å²) >= 11 is 0. The van der Waals surface area contributed by atoms with Crippen molar-refractivity contribution in [3.8, 4) is 0 Å². The number of nitrogens with one attached hydrogen (secondary N) is 1. The summed E-state index contributed by atoms with van der Waals surface area (Å²) < 4.78 is 0. The highest BCUT2D eigenvalue weighted by molar-refractivity contribution is 5.43. The lowest BCUT2D eigenvalue weighted by atomic mass is 10.1. The molecule has 1 N–H and O–H groups in total. The van der Waals surface area contributed by atoms with Crippen LogP contribution in [0.1, 0.15) is 51.3 Å². The minimum atomic E-state index is 0.464. The second kappa shape index (κ2) is 6.74. The third-order valence-electron chi connectivity index (χ3n) is 3.48. The maximum absolute atomic E-state index is 4.78. The Balaban J connectivity index is 3.09. The Labute approximate surface area is 112 Å². The van der Waals surface area contributed by atoms with Crippen molar-refractivity contribution in [2.75, 3.05) is 19.0 Å². The van der Waals surface area contributed by atoms with E-state index >= 15 is 0 Å². The first-order valence-electron chi connectivity index (χ1n) is 6.87. The van der Waals surface area contributed by atoms with Crippen LogP contribution in [0.2, 0.25) is 0 Å². The molecule has 0 aliphatic carbocycles. The van der Waals surface area contributed by atoms with Crippen molar-refractivity contribution in [1.82, 2.24) is 10.3 Å². The number of nitrogens with zero attached hydrogens (tertiary/aromatic N) is 2. The number of aromatic nitrogens is 1. The van der Waals surface area contributed by atoms with E-state index in [4.69, 9.17) is 4.98 Å². The first-order chi connectivity index (χ1) is 8.49. The van der Waals surface area contributed by atoms with Gasteiger partial charge in [-0.3, -0.25) is 0 Å². The highest BCUT2D eigenvalue weighted by Gasteiger charge is 2.12. The van der Waals surface area contributed by atoms with Crippen LogP contribution in [-0.4, -0.2) is 25.1 Å². The van der Waals surface area contributed by atoms with E-state index in [1.54, 1.807) is 0 Å². The zero-order valence-electron chi connectivity index (χ0n) is 12.6. The highest BCUT2D eigenvalue weighted by atomic mass is 15.2. The largest absolute Gasteiger partial charge is 0.357 e. The smallest absolute Gasteiger partial charge is 0.129 e. The van der Waals surface area contributed by atoms with Gasteiger partial charge in [0.15, 0.2) is 0 Å². The average Bonchev–Trinajstić information content (AvgIpc) is 2.36. The van der Waals surface area contributed by atoms with Gasteiger partial charge >= 0.3 is 0 Å². The SMILES string of the molecule is CCC(C)N(C)c1cc(CNC)cc(C(C)C)n1. The van der Waals surface area contributed by atoms with E-state index in [1.807, 2.05) is 7.05 Å². The van der Waals surface area contributed by atoms with Crippen molar-refractivity contribution in [2.24, 2.45) is 0 Å². The molecule has 0 fully saturated rings. The molecule has 0 bridgehead atoms. The standard InChI is InChI=1S/C15H27N3/c1-7-12(4)18(6)15-9-13(10-16-5)8-14(17-15)11(2)3/h8-9,11-12,16H,7,10H2,1-6H3. The quantitative estimate of drug-likeness (QED) is 0.839. The Kier molecular flexibility index (Phi) is 5.60. The fourth-order valence-corrected chi connectivity index (χ4v) is 1.88. The first-order valence-corrected chi connectivity index (χ1v) is 6.87. The van der Waals surface area contributed by atoms with E-state index in [0.29, 0.717) is 12.0 Å². The molecular formula is C15H27N3. The number of hydrogen-bond acceptors (Lipinski definition) is 3. The predicted octanol–water partition coefficient (Wildman–Crippen LogP) is 3.16. The van der Waals surface area contributed by atoms with Crippen LogP contribution >= 0.6 is 0 Å². The topological polar surface area (TPSA) is 28.2 Å². The number of hydrogen-bond donors (Lipinski definition) is 1. The van der Waals surface area contributed by atoms with Gasteiger partial charge in [-0.1, -0.05) is 20.8 Å². The molecule has 102 valence electrons. The average molecular weight is 249 g/mol. The van der Waals surface area contributed by atoms with Crippen LogP contribution < -0.4 is 10.2 Å². The van der Waals surface area contributed by atoms with Gasteiger partial charge in [-0.25, -0.2) is 4.98 Å². The Hall–Kier alpha value is -1.09. The Morgan fingerprint density at radius 1 is 1.28 bits per heavy atom. The second-order valence-corrected chi connectivity index (χ2v) is 5.31. The molecule has 0 saturated heterocycles. The van der Waals surface area contributed by atoms with Gasteiger partial charge in [0.25, 0.3) is 0 Å². The van der Waals surface area contributed by atoms with E-state index in [1.165, 1.54) is 11.3 Å². The lowest BCUT2D eigenvalue weighted by molar-refractivity contribution is 0.652. The van der Waals surface area contributed by atoms with E-state index in [0.717, 1.165) is 18.8 Å². The number of pyridine rings is 1. The summed E-state index contributed by atoms with van der Waals surface area (Å²) in [5.41, 5.74) is 2.48. The van der Waals surface area contributed by atoms with Gasteiger partial charge in [0.2, 0.25) is 0 Å². The van der Waals surface area contributed by atoms with Gasteiger partial charge in [0.05, 0.1) is 0 Å². The van der Waals surface area contributed by atoms with Crippen molar-refractivity contribution >= 4 is 5.82 Å². The zero-order chi connectivity index (χ0) is 13.7. The second-order valence-electron chi connectivity index (χ2n) is 5.31. The molecular weight excluding hydrogens is 222 g/mol. The van der Waals surface area contributed by atoms with Crippen molar-refractivity contribution in [1.29, 1.82) is 0 Å². The van der Waals surface area contributed by atoms with Crippen LogP contribution in [0.3, 0.4) is 0 Å². The molecule has 0 aromatic carbocycles. The number of anilines is 1. The summed E-state index contributed by atoms with van der Waals surface area (Å²) in [6.07, 6.45) is 1.13. The van der Waals surface area contributed by atoms with Gasteiger partial charge in [0.1, 0.15) is 5.82 Å². The minimum Gasteiger partial charge on any atom is -0.357 e. The molecule has 0 spiro atoms. The van der Waals surface area contributed by atoms with Crippen LogP contribution in [0.15, 0.2) is 12.1 Å². The molecule has 0 saturated carbocycles. The molecule has 1 unspecified atom stereocenters. The maximum Gasteiger partial charge on any atom is 0.129 e. The monoisotopic (exact) mass is 249 g/mol. The summed E-state index contributed by atoms with van der Waals surface area (Å²) in [5.74, 6) is 1.55. The molecule has 0 aliphatic heterocycles. The third kappa shape index (κ3) is 3.70. The first kappa shape index (κ1) is 15.0. The molecule has 0 amide bonds. The van der Waals surface area contributed by atoms with Gasteiger partial charge < -0.3 is 10.2 Å². The van der Waals surface area contributed by atoms with E-state index in [2.05, 4.69) is 57.1 Å². The molecule has 1 aromatic heterocycles. The van der Waals surface area contributed by atoms with Gasteiger partial charge in [0, 0.05) is 25.3 Å². The maximum atomic E-state index is 4.78. The Morgan fingerprint density at radius 2 is 1.94 bits per heavy atom. The lowest BCUT2D eigenvalue weighted by Crippen LogP contribution is -2.29. The molecule has 1 aromatic rings. The van der Waals surface area contributed by atoms with E-state index in [-0.39, 0.29) is 0 Å². The summed E-state index contributed by atoms with van der Waals surface area (Å²) in [6, 6.07) is 4.91.